The van der Waals surface area contributed by atoms with Crippen molar-refractivity contribution in [2.75, 3.05) is 45.9 Å². The number of hydrogen-bond donors (Lipinski definition) is 0. The van der Waals surface area contributed by atoms with Crippen molar-refractivity contribution in [2.24, 2.45) is 0 Å². The zero-order chi connectivity index (χ0) is 28.9. The van der Waals surface area contributed by atoms with E-state index in [0.717, 1.165) is 36.4 Å². The van der Waals surface area contributed by atoms with E-state index < -0.39 is 0 Å². The fourth-order valence-corrected chi connectivity index (χ4v) is 5.71. The first-order valence-electron chi connectivity index (χ1n) is 14.7. The number of ether oxygens (including phenoxy) is 1. The Morgan fingerprint density at radius 3 is 2.32 bits per heavy atom. The molecule has 220 valence electrons. The summed E-state index contributed by atoms with van der Waals surface area (Å²) in [4.78, 5) is 34.3. The van der Waals surface area contributed by atoms with Crippen molar-refractivity contribution in [3.8, 4) is 0 Å². The fourth-order valence-electron chi connectivity index (χ4n) is 4.99. The second-order valence-corrected chi connectivity index (χ2v) is 11.7. The Morgan fingerprint density at radius 1 is 0.902 bits per heavy atom. The van der Waals surface area contributed by atoms with Gasteiger partial charge in [0, 0.05) is 43.2 Å². The summed E-state index contributed by atoms with van der Waals surface area (Å²) >= 11 is 1.59. The molecule has 0 bridgehead atoms. The molecule has 2 heterocycles. The lowest BCUT2D eigenvalue weighted by Gasteiger charge is -2.31. The van der Waals surface area contributed by atoms with Crippen molar-refractivity contribution in [3.05, 3.63) is 93.4 Å². The largest absolute Gasteiger partial charge is 0.379 e. The van der Waals surface area contributed by atoms with Gasteiger partial charge in [-0.05, 0) is 59.7 Å². The quantitative estimate of drug-likeness (QED) is 0.207. The molecular formula is C33H42FN3O3S. The van der Waals surface area contributed by atoms with Gasteiger partial charge in [-0.1, -0.05) is 56.5 Å². The highest BCUT2D eigenvalue weighted by Gasteiger charge is 2.24. The Labute approximate surface area is 247 Å². The Hall–Kier alpha value is -3.07. The van der Waals surface area contributed by atoms with Gasteiger partial charge in [-0.3, -0.25) is 14.5 Å². The van der Waals surface area contributed by atoms with Crippen LogP contribution in [-0.4, -0.2) is 72.5 Å². The molecule has 1 saturated heterocycles. The predicted molar refractivity (Wildman–Crippen MR) is 162 cm³/mol. The maximum absolute atomic E-state index is 13.8. The van der Waals surface area contributed by atoms with Crippen LogP contribution >= 0.6 is 11.3 Å². The van der Waals surface area contributed by atoms with Crippen LogP contribution in [0.15, 0.2) is 66.0 Å². The third kappa shape index (κ3) is 10.1. The van der Waals surface area contributed by atoms with Gasteiger partial charge in [0.05, 0.1) is 19.8 Å². The average Bonchev–Trinajstić information content (AvgIpc) is 3.52. The number of hydrogen-bond acceptors (Lipinski definition) is 5. The number of halogens is 1. The smallest absolute Gasteiger partial charge is 0.254 e. The normalized spacial score (nSPS) is 13.7. The van der Waals surface area contributed by atoms with Crippen molar-refractivity contribution < 1.29 is 18.7 Å². The van der Waals surface area contributed by atoms with Crippen LogP contribution in [0.1, 0.15) is 59.0 Å². The summed E-state index contributed by atoms with van der Waals surface area (Å²) < 4.78 is 19.0. The number of amides is 2. The summed E-state index contributed by atoms with van der Waals surface area (Å²) in [5.74, 6) is -0.579. The lowest BCUT2D eigenvalue weighted by molar-refractivity contribution is -0.133. The van der Waals surface area contributed by atoms with E-state index in [0.29, 0.717) is 45.0 Å². The first kappa shape index (κ1) is 30.9. The highest BCUT2D eigenvalue weighted by atomic mass is 32.1. The molecule has 4 rings (SSSR count). The molecule has 3 aromatic rings. The molecule has 2 aromatic carbocycles. The molecule has 1 aromatic heterocycles. The monoisotopic (exact) mass is 579 g/mol. The molecule has 0 spiro atoms. The number of morpholine rings is 1. The summed E-state index contributed by atoms with van der Waals surface area (Å²) in [6, 6.07) is 18.1. The van der Waals surface area contributed by atoms with Crippen LogP contribution in [0.25, 0.3) is 0 Å². The Morgan fingerprint density at radius 2 is 1.63 bits per heavy atom. The summed E-state index contributed by atoms with van der Waals surface area (Å²) in [6.45, 7) is 7.09. The maximum atomic E-state index is 13.8. The van der Waals surface area contributed by atoms with Gasteiger partial charge in [0.2, 0.25) is 5.91 Å². The summed E-state index contributed by atoms with van der Waals surface area (Å²) in [5.41, 5.74) is 2.67. The van der Waals surface area contributed by atoms with Crippen LogP contribution in [0.5, 0.6) is 0 Å². The van der Waals surface area contributed by atoms with Crippen LogP contribution in [-0.2, 0) is 29.0 Å². The zero-order valence-corrected chi connectivity index (χ0v) is 24.9. The molecule has 1 fully saturated rings. The summed E-state index contributed by atoms with van der Waals surface area (Å²) in [7, 11) is 0. The van der Waals surface area contributed by atoms with E-state index >= 15 is 0 Å². The van der Waals surface area contributed by atoms with E-state index in [1.807, 2.05) is 41.8 Å². The van der Waals surface area contributed by atoms with Crippen LogP contribution in [0.2, 0.25) is 0 Å². The van der Waals surface area contributed by atoms with E-state index in [1.165, 1.54) is 37.0 Å². The number of carbonyl (C=O) groups is 2. The molecule has 1 aliphatic rings. The number of rotatable bonds is 15. The van der Waals surface area contributed by atoms with Gasteiger partial charge in [-0.2, -0.15) is 0 Å². The number of unbranched alkanes of at least 4 members (excludes halogenated alkanes) is 3. The van der Waals surface area contributed by atoms with Gasteiger partial charge in [-0.25, -0.2) is 4.39 Å². The molecule has 8 heteroatoms. The van der Waals surface area contributed by atoms with E-state index in [9.17, 15) is 14.0 Å². The molecule has 0 unspecified atom stereocenters. The van der Waals surface area contributed by atoms with Gasteiger partial charge in [0.1, 0.15) is 12.4 Å². The van der Waals surface area contributed by atoms with Gasteiger partial charge in [0.25, 0.3) is 5.91 Å². The lowest BCUT2D eigenvalue weighted by Crippen LogP contribution is -2.47. The minimum atomic E-state index is -0.309. The molecular weight excluding hydrogens is 537 g/mol. The van der Waals surface area contributed by atoms with E-state index in [-0.39, 0.29) is 24.2 Å². The van der Waals surface area contributed by atoms with Crippen molar-refractivity contribution in [3.63, 3.8) is 0 Å². The molecule has 6 nitrogen and oxygen atoms in total. The number of nitrogens with zero attached hydrogens (tertiary/aromatic N) is 3. The Kier molecular flexibility index (Phi) is 12.3. The molecule has 41 heavy (non-hydrogen) atoms. The zero-order valence-electron chi connectivity index (χ0n) is 24.1. The minimum Gasteiger partial charge on any atom is -0.379 e. The van der Waals surface area contributed by atoms with Gasteiger partial charge < -0.3 is 14.5 Å². The lowest BCUT2D eigenvalue weighted by atomic mass is 10.0. The predicted octanol–water partition coefficient (Wildman–Crippen LogP) is 6.01. The Bertz CT molecular complexity index is 1200. The highest BCUT2D eigenvalue weighted by molar-refractivity contribution is 7.09. The molecule has 0 radical (unpaired) electrons. The number of thiophene rings is 1. The molecule has 0 N–H and O–H groups in total. The third-order valence-corrected chi connectivity index (χ3v) is 8.35. The second-order valence-electron chi connectivity index (χ2n) is 10.6. The van der Waals surface area contributed by atoms with Crippen LogP contribution in [0.4, 0.5) is 4.39 Å². The fraction of sp³-hybridized carbons (Fsp3) is 0.455. The standard InChI is InChI=1S/C33H42FN3O3S/c1-2-3-4-5-7-27-9-13-29(14-10-27)33(39)36(18-17-35-19-21-40-22-20-35)26-32(38)37(25-31-8-6-23-41-31)24-28-11-15-30(34)16-12-28/h6,8-16,23H,2-5,7,17-22,24-26H2,1H3. The molecule has 1 aliphatic heterocycles. The first-order chi connectivity index (χ1) is 20.0. The second kappa shape index (κ2) is 16.4. The topological polar surface area (TPSA) is 53.1 Å². The third-order valence-electron chi connectivity index (χ3n) is 7.49. The van der Waals surface area contributed by atoms with Crippen molar-refractivity contribution >= 4 is 23.2 Å². The molecule has 0 atom stereocenters. The summed E-state index contributed by atoms with van der Waals surface area (Å²) in [6.07, 6.45) is 5.83. The van der Waals surface area contributed by atoms with E-state index in [2.05, 4.69) is 11.8 Å². The number of benzene rings is 2. The van der Waals surface area contributed by atoms with Gasteiger partial charge in [-0.15, -0.1) is 11.3 Å². The molecule has 0 saturated carbocycles. The first-order valence-corrected chi connectivity index (χ1v) is 15.6. The van der Waals surface area contributed by atoms with E-state index in [4.69, 9.17) is 4.74 Å². The van der Waals surface area contributed by atoms with Crippen molar-refractivity contribution in [1.29, 1.82) is 0 Å². The number of carbonyl (C=O) groups excluding carboxylic acids is 2. The van der Waals surface area contributed by atoms with Crippen LogP contribution < -0.4 is 0 Å². The van der Waals surface area contributed by atoms with Crippen LogP contribution in [0.3, 0.4) is 0 Å². The highest BCUT2D eigenvalue weighted by Crippen LogP contribution is 2.17. The minimum absolute atomic E-state index is 0.0193. The molecule has 0 aliphatic carbocycles. The van der Waals surface area contributed by atoms with E-state index in [1.54, 1.807) is 33.3 Å². The SMILES string of the molecule is CCCCCCc1ccc(C(=O)N(CCN2CCOCC2)CC(=O)N(Cc2ccc(F)cc2)Cc2cccs2)cc1. The van der Waals surface area contributed by atoms with Crippen LogP contribution in [0, 0.1) is 5.82 Å². The summed E-state index contributed by atoms with van der Waals surface area (Å²) in [5, 5.41) is 1.99. The average molecular weight is 580 g/mol. The molecule has 2 amide bonds. The number of aryl methyl sites for hydroxylation is 1. The van der Waals surface area contributed by atoms with Gasteiger partial charge in [0.15, 0.2) is 0 Å². The Balaban J connectivity index is 1.48. The van der Waals surface area contributed by atoms with Crippen molar-refractivity contribution in [1.82, 2.24) is 14.7 Å². The maximum Gasteiger partial charge on any atom is 0.254 e. The van der Waals surface area contributed by atoms with Gasteiger partial charge >= 0.3 is 0 Å². The van der Waals surface area contributed by atoms with Crippen molar-refractivity contribution in [2.45, 2.75) is 52.1 Å².